The van der Waals surface area contributed by atoms with Crippen LogP contribution in [0.4, 0.5) is 10.5 Å². The largest absolute Gasteiger partial charge is 0.493 e. The smallest absolute Gasteiger partial charge is 0.333 e. The number of amides is 2. The van der Waals surface area contributed by atoms with Crippen LogP contribution in [0.2, 0.25) is 5.02 Å². The van der Waals surface area contributed by atoms with Crippen molar-refractivity contribution in [2.75, 3.05) is 32.6 Å². The first-order chi connectivity index (χ1) is 15.6. The molecule has 0 saturated carbocycles. The fourth-order valence-corrected chi connectivity index (χ4v) is 3.84. The maximum Gasteiger partial charge on any atom is 0.333 e. The first-order valence-electron chi connectivity index (χ1n) is 10.4. The van der Waals surface area contributed by atoms with Crippen molar-refractivity contribution in [3.8, 4) is 23.0 Å². The molecule has 0 spiro atoms. The number of piperidine rings is 1. The van der Waals surface area contributed by atoms with Crippen LogP contribution < -0.4 is 25.0 Å². The van der Waals surface area contributed by atoms with Crippen LogP contribution >= 0.6 is 11.6 Å². The monoisotopic (exact) mass is 456 g/mol. The molecule has 3 aromatic rings. The molecule has 4 rings (SSSR count). The molecule has 9 heteroatoms. The minimum Gasteiger partial charge on any atom is -0.493 e. The summed E-state index contributed by atoms with van der Waals surface area (Å²) in [5, 5.41) is 5.84. The summed E-state index contributed by atoms with van der Waals surface area (Å²) in [4.78, 5) is 16.7. The number of halogens is 1. The Labute approximate surface area is 191 Å². The van der Waals surface area contributed by atoms with E-state index < -0.39 is 0 Å². The van der Waals surface area contributed by atoms with Crippen molar-refractivity contribution in [2.24, 2.45) is 0 Å². The van der Waals surface area contributed by atoms with Gasteiger partial charge in [0.25, 0.3) is 0 Å². The van der Waals surface area contributed by atoms with E-state index in [0.29, 0.717) is 39.2 Å². The van der Waals surface area contributed by atoms with Gasteiger partial charge in [-0.3, -0.25) is 10.4 Å². The van der Waals surface area contributed by atoms with Gasteiger partial charge in [-0.1, -0.05) is 18.0 Å². The van der Waals surface area contributed by atoms with Crippen molar-refractivity contribution in [2.45, 2.75) is 19.3 Å². The van der Waals surface area contributed by atoms with Gasteiger partial charge in [-0.2, -0.15) is 0 Å². The summed E-state index contributed by atoms with van der Waals surface area (Å²) in [5.41, 5.74) is 4.06. The normalized spacial score (nSPS) is 14.1. The molecule has 8 nitrogen and oxygen atoms in total. The van der Waals surface area contributed by atoms with E-state index in [1.54, 1.807) is 50.7 Å². The molecule has 1 fully saturated rings. The van der Waals surface area contributed by atoms with Crippen molar-refractivity contribution < 1.29 is 19.0 Å². The molecule has 0 bridgehead atoms. The fourth-order valence-electron chi connectivity index (χ4n) is 3.62. The molecule has 0 atom stereocenters. The van der Waals surface area contributed by atoms with Gasteiger partial charge in [0.15, 0.2) is 11.5 Å². The number of hydrazine groups is 1. The Balaban J connectivity index is 1.50. The van der Waals surface area contributed by atoms with Crippen LogP contribution in [-0.4, -0.2) is 43.3 Å². The lowest BCUT2D eigenvalue weighted by Gasteiger charge is -2.26. The van der Waals surface area contributed by atoms with E-state index in [1.165, 1.54) is 6.42 Å². The van der Waals surface area contributed by atoms with Crippen LogP contribution in [0.5, 0.6) is 23.0 Å². The molecule has 2 amide bonds. The van der Waals surface area contributed by atoms with Crippen molar-refractivity contribution in [1.82, 2.24) is 15.4 Å². The Kier molecular flexibility index (Phi) is 6.82. The number of carbonyl (C=O) groups is 1. The van der Waals surface area contributed by atoms with Crippen molar-refractivity contribution in [3.05, 3.63) is 47.6 Å². The lowest BCUT2D eigenvalue weighted by molar-refractivity contribution is 0.162. The van der Waals surface area contributed by atoms with Crippen LogP contribution in [0.25, 0.3) is 10.9 Å². The van der Waals surface area contributed by atoms with Gasteiger partial charge >= 0.3 is 6.03 Å². The Morgan fingerprint density at radius 2 is 1.75 bits per heavy atom. The predicted molar refractivity (Wildman–Crippen MR) is 124 cm³/mol. The molecular formula is C23H25ClN4O4. The third-order valence-corrected chi connectivity index (χ3v) is 5.55. The van der Waals surface area contributed by atoms with Gasteiger partial charge in [-0.15, -0.1) is 0 Å². The maximum atomic E-state index is 12.3. The second kappa shape index (κ2) is 9.93. The zero-order valence-corrected chi connectivity index (χ0v) is 18.7. The first-order valence-corrected chi connectivity index (χ1v) is 10.8. The van der Waals surface area contributed by atoms with Gasteiger partial charge in [-0.05, 0) is 37.1 Å². The zero-order chi connectivity index (χ0) is 22.5. The molecule has 1 aliphatic heterocycles. The molecule has 1 saturated heterocycles. The summed E-state index contributed by atoms with van der Waals surface area (Å²) < 4.78 is 16.8. The Morgan fingerprint density at radius 3 is 2.47 bits per heavy atom. The highest BCUT2D eigenvalue weighted by Crippen LogP contribution is 2.37. The van der Waals surface area contributed by atoms with Crippen LogP contribution in [0.15, 0.2) is 42.6 Å². The third-order valence-electron chi connectivity index (χ3n) is 5.24. The average Bonchev–Trinajstić information content (AvgIpc) is 2.80. The lowest BCUT2D eigenvalue weighted by atomic mass is 10.2. The second-order valence-corrected chi connectivity index (χ2v) is 7.80. The number of benzene rings is 2. The number of urea groups is 1. The number of pyridine rings is 1. The van der Waals surface area contributed by atoms with E-state index in [-0.39, 0.29) is 6.03 Å². The summed E-state index contributed by atoms with van der Waals surface area (Å²) in [5.74, 6) is 2.29. The summed E-state index contributed by atoms with van der Waals surface area (Å²) in [6.07, 6.45) is 5.01. The molecule has 2 heterocycles. The Bertz CT molecular complexity index is 1120. The first kappa shape index (κ1) is 22.0. The number of hydrogen-bond acceptors (Lipinski definition) is 6. The van der Waals surface area contributed by atoms with Crippen molar-refractivity contribution >= 4 is 34.2 Å². The number of nitrogens with one attached hydrogen (secondary N) is 2. The molecule has 168 valence electrons. The number of carbonyl (C=O) groups excluding carboxylic acids is 1. The van der Waals surface area contributed by atoms with Crippen molar-refractivity contribution in [1.29, 1.82) is 0 Å². The fraction of sp³-hybridized carbons (Fsp3) is 0.304. The summed E-state index contributed by atoms with van der Waals surface area (Å²) in [7, 11) is 3.15. The number of aromatic nitrogens is 1. The summed E-state index contributed by atoms with van der Waals surface area (Å²) in [6.45, 7) is 1.70. The summed E-state index contributed by atoms with van der Waals surface area (Å²) >= 11 is 6.40. The topological polar surface area (TPSA) is 85.0 Å². The van der Waals surface area contributed by atoms with E-state index in [0.717, 1.165) is 31.3 Å². The van der Waals surface area contributed by atoms with Crippen LogP contribution in [0.1, 0.15) is 19.3 Å². The van der Waals surface area contributed by atoms with E-state index in [4.69, 9.17) is 25.8 Å². The molecule has 1 aromatic heterocycles. The predicted octanol–water partition coefficient (Wildman–Crippen LogP) is 5.22. The van der Waals surface area contributed by atoms with Crippen LogP contribution in [0, 0.1) is 0 Å². The standard InChI is InChI=1S/C23H25ClN4O4/c1-30-21-13-16-19(14-22(21)31-2)25-9-8-20(16)32-15-6-7-18(17(24)12-15)26-23(29)27-28-10-4-3-5-11-28/h6-9,12-14H,3-5,10-11H2,1-2H3,(H2,26,27,29). The Hall–Kier alpha value is -3.23. The highest BCUT2D eigenvalue weighted by Gasteiger charge is 2.15. The zero-order valence-electron chi connectivity index (χ0n) is 18.0. The minimum atomic E-state index is -0.316. The number of methoxy groups -OCH3 is 2. The second-order valence-electron chi connectivity index (χ2n) is 7.39. The summed E-state index contributed by atoms with van der Waals surface area (Å²) in [6, 6.07) is 10.2. The minimum absolute atomic E-state index is 0.316. The quantitative estimate of drug-likeness (QED) is 0.529. The van der Waals surface area contributed by atoms with Crippen LogP contribution in [0.3, 0.4) is 0 Å². The third kappa shape index (κ3) is 4.98. The number of rotatable bonds is 6. The van der Waals surface area contributed by atoms with E-state index in [2.05, 4.69) is 15.7 Å². The van der Waals surface area contributed by atoms with Gasteiger partial charge < -0.3 is 19.5 Å². The van der Waals surface area contributed by atoms with Gasteiger partial charge in [0.1, 0.15) is 11.5 Å². The molecule has 0 aliphatic carbocycles. The average molecular weight is 457 g/mol. The number of hydrogen-bond donors (Lipinski definition) is 2. The number of anilines is 1. The number of nitrogens with zero attached hydrogens (tertiary/aromatic N) is 2. The van der Waals surface area contributed by atoms with Gasteiger partial charge in [0.2, 0.25) is 0 Å². The highest BCUT2D eigenvalue weighted by atomic mass is 35.5. The number of ether oxygens (including phenoxy) is 3. The molecular weight excluding hydrogens is 432 g/mol. The SMILES string of the molecule is COc1cc2nccc(Oc3ccc(NC(=O)NN4CCCCC4)c(Cl)c3)c2cc1OC. The Morgan fingerprint density at radius 1 is 1.00 bits per heavy atom. The highest BCUT2D eigenvalue weighted by molar-refractivity contribution is 6.33. The van der Waals surface area contributed by atoms with Gasteiger partial charge in [0, 0.05) is 36.8 Å². The molecule has 2 aromatic carbocycles. The van der Waals surface area contributed by atoms with Gasteiger partial charge in [-0.25, -0.2) is 9.80 Å². The van der Waals surface area contributed by atoms with Crippen LogP contribution in [-0.2, 0) is 0 Å². The molecule has 1 aliphatic rings. The van der Waals surface area contributed by atoms with Gasteiger partial charge in [0.05, 0.1) is 30.4 Å². The van der Waals surface area contributed by atoms with E-state index >= 15 is 0 Å². The molecule has 0 unspecified atom stereocenters. The van der Waals surface area contributed by atoms with Crippen molar-refractivity contribution in [3.63, 3.8) is 0 Å². The number of fused-ring (bicyclic) bond motifs is 1. The van der Waals surface area contributed by atoms with E-state index in [1.807, 2.05) is 11.1 Å². The molecule has 0 radical (unpaired) electrons. The molecule has 2 N–H and O–H groups in total. The maximum absolute atomic E-state index is 12.3. The van der Waals surface area contributed by atoms with E-state index in [9.17, 15) is 4.79 Å². The lowest BCUT2D eigenvalue weighted by Crippen LogP contribution is -2.46. The molecule has 32 heavy (non-hydrogen) atoms.